The van der Waals surface area contributed by atoms with Crippen LogP contribution in [0, 0.1) is 0 Å². The van der Waals surface area contributed by atoms with E-state index in [9.17, 15) is 0 Å². The largest absolute Gasteiger partial charge is 0.360 e. The lowest BCUT2D eigenvalue weighted by atomic mass is 10.0. The van der Waals surface area contributed by atoms with Crippen LogP contribution in [0.2, 0.25) is 0 Å². The zero-order valence-corrected chi connectivity index (χ0v) is 8.80. The summed E-state index contributed by atoms with van der Waals surface area (Å²) in [5.41, 5.74) is 6.40. The molecule has 0 aromatic heterocycles. The summed E-state index contributed by atoms with van der Waals surface area (Å²) < 4.78 is 5.25. The van der Waals surface area contributed by atoms with Gasteiger partial charge in [0.05, 0.1) is 0 Å². The average molecular weight is 202 g/mol. The molecule has 2 N–H and O–H groups in total. The van der Waals surface area contributed by atoms with Gasteiger partial charge in [0.15, 0.2) is 0 Å². The molecular formula is C10H16ClNO. The van der Waals surface area contributed by atoms with Crippen LogP contribution >= 0.6 is 12.4 Å². The van der Waals surface area contributed by atoms with Crippen LogP contribution in [0.5, 0.6) is 0 Å². The van der Waals surface area contributed by atoms with Crippen LogP contribution in [0.4, 0.5) is 0 Å². The van der Waals surface area contributed by atoms with Crippen molar-refractivity contribution in [2.75, 3.05) is 7.11 Å². The quantitative estimate of drug-likeness (QED) is 0.762. The van der Waals surface area contributed by atoms with Gasteiger partial charge in [-0.15, -0.1) is 12.4 Å². The minimum atomic E-state index is -0.624. The monoisotopic (exact) mass is 201 g/mol. The molecule has 13 heavy (non-hydrogen) atoms. The van der Waals surface area contributed by atoms with Crippen molar-refractivity contribution in [3.63, 3.8) is 0 Å². The van der Waals surface area contributed by atoms with E-state index in [0.717, 1.165) is 12.0 Å². The summed E-state index contributed by atoms with van der Waals surface area (Å²) in [5.74, 6) is 0. The smallest absolute Gasteiger partial charge is 0.142 e. The molecule has 0 bridgehead atoms. The van der Waals surface area contributed by atoms with E-state index in [0.29, 0.717) is 0 Å². The lowest BCUT2D eigenvalue weighted by molar-refractivity contribution is -0.0129. The second kappa shape index (κ2) is 5.22. The molecule has 1 rings (SSSR count). The van der Waals surface area contributed by atoms with Gasteiger partial charge >= 0.3 is 0 Å². The number of methoxy groups -OCH3 is 1. The number of ether oxygens (including phenoxy) is 1. The maximum atomic E-state index is 6.00. The van der Waals surface area contributed by atoms with Crippen molar-refractivity contribution >= 4 is 12.4 Å². The number of halogens is 1. The summed E-state index contributed by atoms with van der Waals surface area (Å²) in [4.78, 5) is 0. The second-order valence-electron chi connectivity index (χ2n) is 2.81. The Kier molecular flexibility index (Phi) is 4.99. The Hall–Kier alpha value is -0.570. The molecule has 0 aliphatic heterocycles. The van der Waals surface area contributed by atoms with Crippen molar-refractivity contribution in [3.05, 3.63) is 35.9 Å². The van der Waals surface area contributed by atoms with Crippen LogP contribution in [0.1, 0.15) is 18.9 Å². The van der Waals surface area contributed by atoms with E-state index in [1.165, 1.54) is 0 Å². The van der Waals surface area contributed by atoms with E-state index >= 15 is 0 Å². The van der Waals surface area contributed by atoms with Crippen LogP contribution in [-0.4, -0.2) is 7.11 Å². The van der Waals surface area contributed by atoms with Gasteiger partial charge < -0.3 is 4.74 Å². The van der Waals surface area contributed by atoms with E-state index in [1.807, 2.05) is 37.3 Å². The number of benzene rings is 1. The Bertz CT molecular complexity index is 234. The molecule has 1 unspecified atom stereocenters. The molecular weight excluding hydrogens is 186 g/mol. The molecule has 0 fully saturated rings. The van der Waals surface area contributed by atoms with Crippen molar-refractivity contribution in [1.29, 1.82) is 0 Å². The maximum absolute atomic E-state index is 6.00. The van der Waals surface area contributed by atoms with Crippen molar-refractivity contribution < 1.29 is 4.74 Å². The summed E-state index contributed by atoms with van der Waals surface area (Å²) in [6, 6.07) is 9.85. The lowest BCUT2D eigenvalue weighted by Crippen LogP contribution is -2.37. The van der Waals surface area contributed by atoms with Crippen molar-refractivity contribution in [2.24, 2.45) is 5.73 Å². The van der Waals surface area contributed by atoms with Gasteiger partial charge in [-0.1, -0.05) is 37.3 Å². The molecule has 0 aliphatic rings. The first-order valence-electron chi connectivity index (χ1n) is 4.12. The van der Waals surface area contributed by atoms with Gasteiger partial charge in [0.2, 0.25) is 0 Å². The predicted octanol–water partition coefficient (Wildman–Crippen LogP) is 2.28. The van der Waals surface area contributed by atoms with E-state index in [1.54, 1.807) is 7.11 Å². The highest BCUT2D eigenvalue weighted by Crippen LogP contribution is 2.21. The Morgan fingerprint density at radius 3 is 2.23 bits per heavy atom. The van der Waals surface area contributed by atoms with Crippen molar-refractivity contribution in [3.8, 4) is 0 Å². The maximum Gasteiger partial charge on any atom is 0.142 e. The van der Waals surface area contributed by atoms with Gasteiger partial charge in [-0.2, -0.15) is 0 Å². The van der Waals surface area contributed by atoms with Gasteiger partial charge in [-0.05, 0) is 12.0 Å². The lowest BCUT2D eigenvalue weighted by Gasteiger charge is -2.26. The number of nitrogens with two attached hydrogens (primary N) is 1. The first-order chi connectivity index (χ1) is 5.73. The molecule has 0 amide bonds. The predicted molar refractivity (Wildman–Crippen MR) is 56.9 cm³/mol. The number of hydrogen-bond donors (Lipinski definition) is 1. The van der Waals surface area contributed by atoms with Crippen LogP contribution < -0.4 is 5.73 Å². The van der Waals surface area contributed by atoms with Gasteiger partial charge in [0.1, 0.15) is 5.72 Å². The fourth-order valence-corrected chi connectivity index (χ4v) is 1.19. The molecule has 0 aliphatic carbocycles. The standard InChI is InChI=1S/C10H15NO.ClH/c1-3-10(11,12-2)9-7-5-4-6-8-9;/h4-8H,3,11H2,1-2H3;1H. The highest BCUT2D eigenvalue weighted by atomic mass is 35.5. The van der Waals surface area contributed by atoms with E-state index in [4.69, 9.17) is 10.5 Å². The summed E-state index contributed by atoms with van der Waals surface area (Å²) >= 11 is 0. The van der Waals surface area contributed by atoms with Crippen LogP contribution in [-0.2, 0) is 10.5 Å². The minimum Gasteiger partial charge on any atom is -0.360 e. The van der Waals surface area contributed by atoms with Gasteiger partial charge in [-0.3, -0.25) is 5.73 Å². The molecule has 2 nitrogen and oxygen atoms in total. The molecule has 0 spiro atoms. The van der Waals surface area contributed by atoms with Crippen LogP contribution in [0.25, 0.3) is 0 Å². The first kappa shape index (κ1) is 12.4. The van der Waals surface area contributed by atoms with E-state index < -0.39 is 5.72 Å². The van der Waals surface area contributed by atoms with E-state index in [-0.39, 0.29) is 12.4 Å². The second-order valence-corrected chi connectivity index (χ2v) is 2.81. The number of rotatable bonds is 3. The zero-order valence-electron chi connectivity index (χ0n) is 7.99. The third-order valence-corrected chi connectivity index (χ3v) is 2.15. The van der Waals surface area contributed by atoms with Gasteiger partial charge in [-0.25, -0.2) is 0 Å². The average Bonchev–Trinajstić information content (AvgIpc) is 2.18. The fraction of sp³-hybridized carbons (Fsp3) is 0.400. The SMILES string of the molecule is CCC(N)(OC)c1ccccc1.Cl. The highest BCUT2D eigenvalue weighted by Gasteiger charge is 2.23. The summed E-state index contributed by atoms with van der Waals surface area (Å²) in [7, 11) is 1.64. The Morgan fingerprint density at radius 1 is 1.31 bits per heavy atom. The van der Waals surface area contributed by atoms with Gasteiger partial charge in [0, 0.05) is 7.11 Å². The Balaban J connectivity index is 0.00000144. The molecule has 0 saturated heterocycles. The molecule has 74 valence electrons. The van der Waals surface area contributed by atoms with Crippen molar-refractivity contribution in [2.45, 2.75) is 19.1 Å². The Morgan fingerprint density at radius 2 is 1.85 bits per heavy atom. The van der Waals surface area contributed by atoms with E-state index in [2.05, 4.69) is 0 Å². The molecule has 3 heteroatoms. The normalized spacial score (nSPS) is 14.4. The third-order valence-electron chi connectivity index (χ3n) is 2.15. The first-order valence-corrected chi connectivity index (χ1v) is 4.12. The van der Waals surface area contributed by atoms with Crippen LogP contribution in [0.15, 0.2) is 30.3 Å². The van der Waals surface area contributed by atoms with Gasteiger partial charge in [0.25, 0.3) is 0 Å². The zero-order chi connectivity index (χ0) is 9.03. The molecule has 0 heterocycles. The molecule has 1 atom stereocenters. The fourth-order valence-electron chi connectivity index (χ4n) is 1.19. The summed E-state index contributed by atoms with van der Waals surface area (Å²) in [6.07, 6.45) is 0.771. The Labute approximate surface area is 85.5 Å². The summed E-state index contributed by atoms with van der Waals surface area (Å²) in [6.45, 7) is 2.01. The summed E-state index contributed by atoms with van der Waals surface area (Å²) in [5, 5.41) is 0. The molecule has 1 aromatic carbocycles. The molecule has 0 radical (unpaired) electrons. The highest BCUT2D eigenvalue weighted by molar-refractivity contribution is 5.85. The third kappa shape index (κ3) is 2.69. The molecule has 0 saturated carbocycles. The molecule has 1 aromatic rings. The number of hydrogen-bond acceptors (Lipinski definition) is 2. The minimum absolute atomic E-state index is 0. The van der Waals surface area contributed by atoms with Crippen molar-refractivity contribution in [1.82, 2.24) is 0 Å². The topological polar surface area (TPSA) is 35.2 Å². The van der Waals surface area contributed by atoms with Crippen LogP contribution in [0.3, 0.4) is 0 Å².